The standard InChI is InChI=1S/C16H15N3OS2/c1-10(21-16-19-18-11(2)22-16)15(20)17-14-9-5-7-12-6-3-4-8-13(12)14/h3-10H,1-2H3,(H,17,20)/t10-/m1/s1. The highest BCUT2D eigenvalue weighted by molar-refractivity contribution is 8.02. The summed E-state index contributed by atoms with van der Waals surface area (Å²) in [4.78, 5) is 12.4. The summed E-state index contributed by atoms with van der Waals surface area (Å²) in [5, 5.41) is 13.9. The lowest BCUT2D eigenvalue weighted by atomic mass is 10.1. The molecule has 1 N–H and O–H groups in total. The van der Waals surface area contributed by atoms with Crippen LogP contribution < -0.4 is 5.32 Å². The molecule has 6 heteroatoms. The van der Waals surface area contributed by atoms with Gasteiger partial charge in [-0.1, -0.05) is 59.5 Å². The first-order valence-corrected chi connectivity index (χ1v) is 8.58. The number of aryl methyl sites for hydroxylation is 1. The second kappa shape index (κ2) is 6.46. The van der Waals surface area contributed by atoms with E-state index < -0.39 is 0 Å². The molecule has 1 heterocycles. The van der Waals surface area contributed by atoms with E-state index in [9.17, 15) is 4.79 Å². The van der Waals surface area contributed by atoms with Gasteiger partial charge >= 0.3 is 0 Å². The molecule has 0 saturated carbocycles. The molecule has 0 unspecified atom stereocenters. The fourth-order valence-electron chi connectivity index (χ4n) is 2.10. The van der Waals surface area contributed by atoms with Crippen molar-refractivity contribution in [1.29, 1.82) is 0 Å². The quantitative estimate of drug-likeness (QED) is 0.732. The molecule has 2 aromatic carbocycles. The van der Waals surface area contributed by atoms with Gasteiger partial charge in [0.15, 0.2) is 4.34 Å². The Morgan fingerprint density at radius 1 is 1.18 bits per heavy atom. The minimum Gasteiger partial charge on any atom is -0.325 e. The van der Waals surface area contributed by atoms with E-state index >= 15 is 0 Å². The van der Waals surface area contributed by atoms with E-state index in [-0.39, 0.29) is 11.2 Å². The Balaban J connectivity index is 1.75. The fourth-order valence-corrected chi connectivity index (χ4v) is 4.06. The molecule has 0 radical (unpaired) electrons. The molecule has 0 aliphatic rings. The molecule has 22 heavy (non-hydrogen) atoms. The first-order valence-electron chi connectivity index (χ1n) is 6.89. The Morgan fingerprint density at radius 2 is 1.95 bits per heavy atom. The zero-order chi connectivity index (χ0) is 15.5. The molecule has 1 aromatic heterocycles. The number of rotatable bonds is 4. The predicted octanol–water partition coefficient (Wildman–Crippen LogP) is 4.12. The highest BCUT2D eigenvalue weighted by atomic mass is 32.2. The average molecular weight is 329 g/mol. The molecule has 0 aliphatic carbocycles. The van der Waals surface area contributed by atoms with Crippen LogP contribution in [0.4, 0.5) is 5.69 Å². The topological polar surface area (TPSA) is 54.9 Å². The summed E-state index contributed by atoms with van der Waals surface area (Å²) < 4.78 is 0.818. The van der Waals surface area contributed by atoms with Crippen LogP contribution in [-0.4, -0.2) is 21.4 Å². The molecule has 0 fully saturated rings. The van der Waals surface area contributed by atoms with Crippen LogP contribution in [0, 0.1) is 6.92 Å². The zero-order valence-electron chi connectivity index (χ0n) is 12.2. The number of nitrogens with one attached hydrogen (secondary N) is 1. The molecule has 0 saturated heterocycles. The van der Waals surface area contributed by atoms with Gasteiger partial charge in [0.2, 0.25) is 5.91 Å². The normalized spacial score (nSPS) is 12.3. The van der Waals surface area contributed by atoms with E-state index in [2.05, 4.69) is 15.5 Å². The summed E-state index contributed by atoms with van der Waals surface area (Å²) in [5.41, 5.74) is 0.837. The molecular weight excluding hydrogens is 314 g/mol. The van der Waals surface area contributed by atoms with E-state index in [0.29, 0.717) is 0 Å². The predicted molar refractivity (Wildman–Crippen MR) is 92.5 cm³/mol. The summed E-state index contributed by atoms with van der Waals surface area (Å²) in [6.45, 7) is 3.78. The number of fused-ring (bicyclic) bond motifs is 1. The number of amides is 1. The molecule has 4 nitrogen and oxygen atoms in total. The molecule has 3 aromatic rings. The van der Waals surface area contributed by atoms with Crippen molar-refractivity contribution in [2.24, 2.45) is 0 Å². The summed E-state index contributed by atoms with van der Waals surface area (Å²) in [6.07, 6.45) is 0. The molecular formula is C16H15N3OS2. The van der Waals surface area contributed by atoms with E-state index in [0.717, 1.165) is 25.8 Å². The van der Waals surface area contributed by atoms with Gasteiger partial charge in [0.25, 0.3) is 0 Å². The van der Waals surface area contributed by atoms with Crippen LogP contribution in [0.25, 0.3) is 10.8 Å². The highest BCUT2D eigenvalue weighted by Gasteiger charge is 2.17. The molecule has 1 amide bonds. The summed E-state index contributed by atoms with van der Waals surface area (Å²) in [6, 6.07) is 13.9. The second-order valence-corrected chi connectivity index (χ2v) is 7.63. The van der Waals surface area contributed by atoms with Crippen LogP contribution in [0.1, 0.15) is 11.9 Å². The van der Waals surface area contributed by atoms with Crippen molar-refractivity contribution in [2.75, 3.05) is 5.32 Å². The van der Waals surface area contributed by atoms with Crippen LogP contribution in [0.15, 0.2) is 46.8 Å². The van der Waals surface area contributed by atoms with Crippen molar-refractivity contribution in [3.05, 3.63) is 47.5 Å². The smallest absolute Gasteiger partial charge is 0.237 e. The van der Waals surface area contributed by atoms with Gasteiger partial charge in [-0.15, -0.1) is 10.2 Å². The van der Waals surface area contributed by atoms with E-state index in [1.807, 2.05) is 56.3 Å². The molecule has 0 bridgehead atoms. The van der Waals surface area contributed by atoms with Crippen molar-refractivity contribution in [3.63, 3.8) is 0 Å². The first-order chi connectivity index (χ1) is 10.6. The van der Waals surface area contributed by atoms with Crippen molar-refractivity contribution in [3.8, 4) is 0 Å². The molecule has 3 rings (SSSR count). The van der Waals surface area contributed by atoms with Gasteiger partial charge in [-0.25, -0.2) is 0 Å². The third kappa shape index (κ3) is 3.28. The average Bonchev–Trinajstić information content (AvgIpc) is 2.92. The van der Waals surface area contributed by atoms with Crippen LogP contribution in [-0.2, 0) is 4.79 Å². The Hall–Kier alpha value is -1.92. The third-order valence-corrected chi connectivity index (χ3v) is 5.22. The van der Waals surface area contributed by atoms with Gasteiger partial charge in [0.1, 0.15) is 5.01 Å². The minimum atomic E-state index is -0.230. The van der Waals surface area contributed by atoms with E-state index in [1.54, 1.807) is 0 Å². The Morgan fingerprint density at radius 3 is 2.73 bits per heavy atom. The SMILES string of the molecule is Cc1nnc(S[C@H](C)C(=O)Nc2cccc3ccccc23)s1. The number of anilines is 1. The number of nitrogens with zero attached hydrogens (tertiary/aromatic N) is 2. The number of aromatic nitrogens is 2. The monoisotopic (exact) mass is 329 g/mol. The fraction of sp³-hybridized carbons (Fsp3) is 0.188. The summed E-state index contributed by atoms with van der Waals surface area (Å²) in [7, 11) is 0. The van der Waals surface area contributed by atoms with Gasteiger partial charge in [0.05, 0.1) is 5.25 Å². The maximum Gasteiger partial charge on any atom is 0.237 e. The van der Waals surface area contributed by atoms with Crippen LogP contribution >= 0.6 is 23.1 Å². The van der Waals surface area contributed by atoms with E-state index in [1.165, 1.54) is 23.1 Å². The number of hydrogen-bond acceptors (Lipinski definition) is 5. The highest BCUT2D eigenvalue weighted by Crippen LogP contribution is 2.28. The van der Waals surface area contributed by atoms with Gasteiger partial charge in [-0.05, 0) is 25.3 Å². The Kier molecular flexibility index (Phi) is 4.40. The minimum absolute atomic E-state index is 0.0331. The van der Waals surface area contributed by atoms with E-state index in [4.69, 9.17) is 0 Å². The number of carbonyl (C=O) groups excluding carboxylic acids is 1. The van der Waals surface area contributed by atoms with Crippen LogP contribution in [0.5, 0.6) is 0 Å². The molecule has 1 atom stereocenters. The number of thioether (sulfide) groups is 1. The number of benzene rings is 2. The largest absolute Gasteiger partial charge is 0.325 e. The Bertz CT molecular complexity index is 811. The Labute approximate surface area is 137 Å². The molecule has 112 valence electrons. The number of carbonyl (C=O) groups is 1. The summed E-state index contributed by atoms with van der Waals surface area (Å²) >= 11 is 2.93. The van der Waals surface area contributed by atoms with Crippen LogP contribution in [0.3, 0.4) is 0 Å². The van der Waals surface area contributed by atoms with Crippen molar-refractivity contribution in [1.82, 2.24) is 10.2 Å². The lowest BCUT2D eigenvalue weighted by Crippen LogP contribution is -2.22. The maximum absolute atomic E-state index is 12.4. The maximum atomic E-state index is 12.4. The van der Waals surface area contributed by atoms with Gasteiger partial charge in [-0.2, -0.15) is 0 Å². The summed E-state index contributed by atoms with van der Waals surface area (Å²) in [5.74, 6) is -0.0331. The van der Waals surface area contributed by atoms with Gasteiger partial charge < -0.3 is 5.32 Å². The lowest BCUT2D eigenvalue weighted by molar-refractivity contribution is -0.115. The lowest BCUT2D eigenvalue weighted by Gasteiger charge is -2.12. The van der Waals surface area contributed by atoms with Gasteiger partial charge in [-0.3, -0.25) is 4.79 Å². The van der Waals surface area contributed by atoms with Crippen molar-refractivity contribution >= 4 is 45.5 Å². The van der Waals surface area contributed by atoms with Crippen molar-refractivity contribution in [2.45, 2.75) is 23.4 Å². The third-order valence-electron chi connectivity index (χ3n) is 3.20. The number of hydrogen-bond donors (Lipinski definition) is 1. The molecule has 0 aliphatic heterocycles. The zero-order valence-corrected chi connectivity index (χ0v) is 13.9. The van der Waals surface area contributed by atoms with Gasteiger partial charge in [0, 0.05) is 11.1 Å². The molecule has 0 spiro atoms. The second-order valence-electron chi connectivity index (χ2n) is 4.86. The van der Waals surface area contributed by atoms with Crippen LogP contribution in [0.2, 0.25) is 0 Å². The van der Waals surface area contributed by atoms with Crippen molar-refractivity contribution < 1.29 is 4.79 Å². The first kappa shape index (κ1) is 15.0.